The van der Waals surface area contributed by atoms with E-state index in [1.807, 2.05) is 24.3 Å². The van der Waals surface area contributed by atoms with Crippen molar-refractivity contribution in [3.8, 4) is 0 Å². The third kappa shape index (κ3) is 8.60. The number of esters is 2. The summed E-state index contributed by atoms with van der Waals surface area (Å²) in [6, 6.07) is 14.3. The maximum absolute atomic E-state index is 12.1. The van der Waals surface area contributed by atoms with Crippen LogP contribution in [0.4, 0.5) is 0 Å². The van der Waals surface area contributed by atoms with Gasteiger partial charge in [-0.3, -0.25) is 0 Å². The van der Waals surface area contributed by atoms with Crippen LogP contribution in [0, 0.1) is 17.8 Å². The molecule has 0 amide bonds. The van der Waals surface area contributed by atoms with Gasteiger partial charge in [-0.05, 0) is 79.1 Å². The topological polar surface area (TPSA) is 52.6 Å². The lowest BCUT2D eigenvalue weighted by Gasteiger charge is -2.20. The molecular weight excluding hydrogens is 512 g/mol. The van der Waals surface area contributed by atoms with Gasteiger partial charge in [-0.25, -0.2) is 9.59 Å². The molecule has 1 unspecified atom stereocenters. The van der Waals surface area contributed by atoms with E-state index in [1.165, 1.54) is 0 Å². The second kappa shape index (κ2) is 12.3. The van der Waals surface area contributed by atoms with E-state index < -0.39 is 0 Å². The molecule has 0 aromatic heterocycles. The van der Waals surface area contributed by atoms with Crippen molar-refractivity contribution in [2.75, 3.05) is 13.2 Å². The van der Waals surface area contributed by atoms with Crippen LogP contribution >= 0.6 is 31.9 Å². The molecule has 2 aromatic rings. The van der Waals surface area contributed by atoms with Crippen molar-refractivity contribution in [3.05, 3.63) is 68.6 Å². The van der Waals surface area contributed by atoms with Crippen LogP contribution in [0.25, 0.3) is 0 Å². The highest BCUT2D eigenvalue weighted by molar-refractivity contribution is 9.10. The number of carbonyl (C=O) groups is 2. The van der Waals surface area contributed by atoms with E-state index in [2.05, 4.69) is 52.6 Å². The van der Waals surface area contributed by atoms with Crippen LogP contribution in [-0.4, -0.2) is 25.2 Å². The molecule has 4 nitrogen and oxygen atoms in total. The molecule has 0 radical (unpaired) electrons. The molecule has 0 aliphatic heterocycles. The smallest absolute Gasteiger partial charge is 0.338 e. The lowest BCUT2D eigenvalue weighted by Crippen LogP contribution is -2.18. The third-order valence-electron chi connectivity index (χ3n) is 4.77. The summed E-state index contributed by atoms with van der Waals surface area (Å²) in [6.07, 6.45) is 1.89. The summed E-state index contributed by atoms with van der Waals surface area (Å²) in [5, 5.41) is 0. The monoisotopic (exact) mass is 538 g/mol. The van der Waals surface area contributed by atoms with Gasteiger partial charge in [0, 0.05) is 8.95 Å². The number of hydrogen-bond donors (Lipinski definition) is 0. The van der Waals surface area contributed by atoms with Crippen LogP contribution < -0.4 is 0 Å². The van der Waals surface area contributed by atoms with Gasteiger partial charge in [-0.1, -0.05) is 52.6 Å². The zero-order chi connectivity index (χ0) is 22.1. The maximum Gasteiger partial charge on any atom is 0.338 e. The molecule has 6 heteroatoms. The fraction of sp³-hybridized carbons (Fsp3) is 0.417. The molecule has 0 saturated heterocycles. The van der Waals surface area contributed by atoms with E-state index in [9.17, 15) is 9.59 Å². The van der Waals surface area contributed by atoms with Crippen molar-refractivity contribution in [1.82, 2.24) is 0 Å². The van der Waals surface area contributed by atoms with Crippen LogP contribution in [0.2, 0.25) is 0 Å². The Morgan fingerprint density at radius 3 is 1.33 bits per heavy atom. The number of rotatable bonds is 10. The van der Waals surface area contributed by atoms with Gasteiger partial charge in [0.2, 0.25) is 0 Å². The standard InChI is InChI=1S/C24H28Br2O4/c1-16(12-17(2)14-29-23(27)19-4-8-21(25)9-5-19)13-18(3)15-30-24(28)20-6-10-22(26)11-7-20/h4-11,16-18H,12-15H2,1-3H3/t16?,17-,18+. The zero-order valence-electron chi connectivity index (χ0n) is 17.6. The Kier molecular flexibility index (Phi) is 10.1. The molecule has 0 saturated carbocycles. The first-order valence-electron chi connectivity index (χ1n) is 10.1. The second-order valence-corrected chi connectivity index (χ2v) is 9.83. The molecule has 0 aliphatic rings. The minimum Gasteiger partial charge on any atom is -0.462 e. The quantitative estimate of drug-likeness (QED) is 0.308. The molecule has 0 heterocycles. The van der Waals surface area contributed by atoms with Gasteiger partial charge >= 0.3 is 11.9 Å². The van der Waals surface area contributed by atoms with Gasteiger partial charge in [-0.15, -0.1) is 0 Å². The van der Waals surface area contributed by atoms with Gasteiger partial charge in [-0.2, -0.15) is 0 Å². The molecule has 3 atom stereocenters. The molecule has 2 aromatic carbocycles. The van der Waals surface area contributed by atoms with Crippen LogP contribution in [0.5, 0.6) is 0 Å². The van der Waals surface area contributed by atoms with Gasteiger partial charge in [0.15, 0.2) is 0 Å². The zero-order valence-corrected chi connectivity index (χ0v) is 20.7. The SMILES string of the molecule is CC(C[C@H](C)COC(=O)c1ccc(Br)cc1)C[C@@H](C)COC(=O)c1ccc(Br)cc1. The Hall–Kier alpha value is -1.66. The minimum atomic E-state index is -0.296. The molecule has 2 rings (SSSR count). The summed E-state index contributed by atoms with van der Waals surface area (Å²) >= 11 is 6.71. The average molecular weight is 540 g/mol. The first kappa shape index (κ1) is 24.6. The normalized spacial score (nSPS) is 13.9. The largest absolute Gasteiger partial charge is 0.462 e. The minimum absolute atomic E-state index is 0.261. The lowest BCUT2D eigenvalue weighted by atomic mass is 9.90. The van der Waals surface area contributed by atoms with Gasteiger partial charge in [0.05, 0.1) is 24.3 Å². The highest BCUT2D eigenvalue weighted by Crippen LogP contribution is 2.21. The van der Waals surface area contributed by atoms with Gasteiger partial charge in [0.25, 0.3) is 0 Å². The Labute approximate surface area is 195 Å². The molecule has 30 heavy (non-hydrogen) atoms. The third-order valence-corrected chi connectivity index (χ3v) is 5.82. The molecule has 0 bridgehead atoms. The number of hydrogen-bond acceptors (Lipinski definition) is 4. The highest BCUT2D eigenvalue weighted by atomic mass is 79.9. The molecule has 0 N–H and O–H groups in total. The Morgan fingerprint density at radius 2 is 1.00 bits per heavy atom. The first-order valence-corrected chi connectivity index (χ1v) is 11.7. The van der Waals surface area contributed by atoms with E-state index in [4.69, 9.17) is 9.47 Å². The Balaban J connectivity index is 1.67. The summed E-state index contributed by atoms with van der Waals surface area (Å²) in [7, 11) is 0. The molecule has 162 valence electrons. The Morgan fingerprint density at radius 1 is 0.667 bits per heavy atom. The number of ether oxygens (including phenoxy) is 2. The average Bonchev–Trinajstić information content (AvgIpc) is 2.71. The molecule has 0 fully saturated rings. The highest BCUT2D eigenvalue weighted by Gasteiger charge is 2.16. The van der Waals surface area contributed by atoms with E-state index in [0.29, 0.717) is 30.3 Å². The number of halogens is 2. The maximum atomic E-state index is 12.1. The number of carbonyl (C=O) groups excluding carboxylic acids is 2. The lowest BCUT2D eigenvalue weighted by molar-refractivity contribution is 0.0413. The van der Waals surface area contributed by atoms with Crippen molar-refractivity contribution in [3.63, 3.8) is 0 Å². The van der Waals surface area contributed by atoms with Crippen LogP contribution in [0.1, 0.15) is 54.3 Å². The Bertz CT molecular complexity index is 749. The predicted molar refractivity (Wildman–Crippen MR) is 126 cm³/mol. The van der Waals surface area contributed by atoms with Crippen molar-refractivity contribution < 1.29 is 19.1 Å². The number of benzene rings is 2. The van der Waals surface area contributed by atoms with E-state index in [0.717, 1.165) is 21.8 Å². The van der Waals surface area contributed by atoms with E-state index in [-0.39, 0.29) is 23.8 Å². The van der Waals surface area contributed by atoms with Crippen molar-refractivity contribution in [2.45, 2.75) is 33.6 Å². The van der Waals surface area contributed by atoms with Gasteiger partial charge in [0.1, 0.15) is 0 Å². The summed E-state index contributed by atoms with van der Waals surface area (Å²) in [4.78, 5) is 24.2. The summed E-state index contributed by atoms with van der Waals surface area (Å²) in [5.74, 6) is 0.368. The summed E-state index contributed by atoms with van der Waals surface area (Å²) in [5.41, 5.74) is 1.11. The van der Waals surface area contributed by atoms with E-state index in [1.54, 1.807) is 24.3 Å². The predicted octanol–water partition coefficient (Wildman–Crippen LogP) is 6.91. The summed E-state index contributed by atoms with van der Waals surface area (Å²) in [6.45, 7) is 7.14. The van der Waals surface area contributed by atoms with Crippen molar-refractivity contribution >= 4 is 43.8 Å². The van der Waals surface area contributed by atoms with Crippen LogP contribution in [0.15, 0.2) is 57.5 Å². The van der Waals surface area contributed by atoms with Crippen molar-refractivity contribution in [1.29, 1.82) is 0 Å². The second-order valence-electron chi connectivity index (χ2n) is 8.00. The molecule has 0 spiro atoms. The summed E-state index contributed by atoms with van der Waals surface area (Å²) < 4.78 is 12.7. The fourth-order valence-corrected chi connectivity index (χ4v) is 3.91. The van der Waals surface area contributed by atoms with Gasteiger partial charge < -0.3 is 9.47 Å². The van der Waals surface area contributed by atoms with Crippen LogP contribution in [0.3, 0.4) is 0 Å². The fourth-order valence-electron chi connectivity index (χ4n) is 3.38. The molecular formula is C24H28Br2O4. The van der Waals surface area contributed by atoms with Crippen molar-refractivity contribution in [2.24, 2.45) is 17.8 Å². The molecule has 0 aliphatic carbocycles. The van der Waals surface area contributed by atoms with Crippen LogP contribution in [-0.2, 0) is 9.47 Å². The first-order chi connectivity index (χ1) is 14.2. The van der Waals surface area contributed by atoms with E-state index >= 15 is 0 Å².